The molecule has 1 aliphatic rings. The lowest BCUT2D eigenvalue weighted by Crippen LogP contribution is -2.39. The Hall–Kier alpha value is -2.34. The van der Waals surface area contributed by atoms with Gasteiger partial charge in [-0.2, -0.15) is 0 Å². The molecular weight excluding hydrogens is 416 g/mol. The van der Waals surface area contributed by atoms with Gasteiger partial charge in [-0.1, -0.05) is 34.6 Å². The summed E-state index contributed by atoms with van der Waals surface area (Å²) in [7, 11) is 0. The van der Waals surface area contributed by atoms with Crippen LogP contribution in [-0.4, -0.2) is 34.7 Å². The molecule has 0 saturated carbocycles. The van der Waals surface area contributed by atoms with Crippen molar-refractivity contribution in [3.8, 4) is 0 Å². The summed E-state index contributed by atoms with van der Waals surface area (Å²) in [4.78, 5) is 27.3. The molecule has 0 spiro atoms. The number of ketones is 2. The van der Waals surface area contributed by atoms with Gasteiger partial charge < -0.3 is 4.90 Å². The molecule has 0 aliphatic carbocycles. The molecule has 1 heterocycles. The van der Waals surface area contributed by atoms with E-state index in [0.717, 1.165) is 16.6 Å². The predicted molar refractivity (Wildman–Crippen MR) is 103 cm³/mol. The normalized spacial score (nSPS) is 24.7. The summed E-state index contributed by atoms with van der Waals surface area (Å²) in [6.07, 6.45) is -0.315. The third kappa shape index (κ3) is 3.58. The molecule has 3 nitrogen and oxygen atoms in total. The first kappa shape index (κ1) is 19.4. The van der Waals surface area contributed by atoms with E-state index in [4.69, 9.17) is 0 Å². The Balaban J connectivity index is 1.93. The maximum Gasteiger partial charge on any atom is 0.188 e. The van der Waals surface area contributed by atoms with E-state index in [1.807, 2.05) is 0 Å². The van der Waals surface area contributed by atoms with Gasteiger partial charge in [-0.3, -0.25) is 9.59 Å². The van der Waals surface area contributed by atoms with E-state index in [9.17, 15) is 14.0 Å². The van der Waals surface area contributed by atoms with Crippen LogP contribution in [0.25, 0.3) is 0 Å². The number of carbonyl (C=O) groups is 2. The van der Waals surface area contributed by atoms with Crippen molar-refractivity contribution in [3.63, 3.8) is 0 Å². The SMILES string of the molecule is C=CN1C(C)C(C(=O)c2ccc(Br)cc2)C(F)C1C(=O)c1ccc(F)cc1. The largest absolute Gasteiger partial charge is 0.362 e. The summed E-state index contributed by atoms with van der Waals surface area (Å²) >= 11 is 3.30. The number of halogens is 3. The first-order chi connectivity index (χ1) is 12.8. The van der Waals surface area contributed by atoms with E-state index >= 15 is 4.39 Å². The first-order valence-corrected chi connectivity index (χ1v) is 9.28. The lowest BCUT2D eigenvalue weighted by Gasteiger charge is -2.26. The molecule has 140 valence electrons. The zero-order valence-corrected chi connectivity index (χ0v) is 16.2. The van der Waals surface area contributed by atoms with Crippen LogP contribution in [0.2, 0.25) is 0 Å². The highest BCUT2D eigenvalue weighted by Crippen LogP contribution is 2.37. The second-order valence-electron chi connectivity index (χ2n) is 6.53. The number of carbonyl (C=O) groups excluding carboxylic acids is 2. The van der Waals surface area contributed by atoms with Crippen LogP contribution >= 0.6 is 15.9 Å². The zero-order chi connectivity index (χ0) is 19.7. The monoisotopic (exact) mass is 433 g/mol. The Morgan fingerprint density at radius 3 is 2.11 bits per heavy atom. The second kappa shape index (κ2) is 7.72. The Morgan fingerprint density at radius 1 is 1.04 bits per heavy atom. The summed E-state index contributed by atoms with van der Waals surface area (Å²) in [5.74, 6) is -2.34. The summed E-state index contributed by atoms with van der Waals surface area (Å²) in [5.41, 5.74) is 0.580. The zero-order valence-electron chi connectivity index (χ0n) is 14.6. The molecule has 0 N–H and O–H groups in total. The number of Topliss-reactive ketones (excluding diaryl/α,β-unsaturated/α-hetero) is 2. The van der Waals surface area contributed by atoms with Crippen molar-refractivity contribution in [2.45, 2.75) is 25.2 Å². The molecule has 2 aromatic carbocycles. The molecule has 0 radical (unpaired) electrons. The van der Waals surface area contributed by atoms with Crippen molar-refractivity contribution in [1.82, 2.24) is 4.90 Å². The van der Waals surface area contributed by atoms with E-state index < -0.39 is 35.8 Å². The Morgan fingerprint density at radius 2 is 1.56 bits per heavy atom. The fraction of sp³-hybridized carbons (Fsp3) is 0.238. The van der Waals surface area contributed by atoms with Crippen molar-refractivity contribution < 1.29 is 18.4 Å². The number of rotatable bonds is 5. The number of benzene rings is 2. The van der Waals surface area contributed by atoms with Crippen molar-refractivity contribution in [2.24, 2.45) is 5.92 Å². The predicted octanol–water partition coefficient (Wildman–Crippen LogP) is 4.82. The Kier molecular flexibility index (Phi) is 5.56. The third-order valence-electron chi connectivity index (χ3n) is 5.00. The van der Waals surface area contributed by atoms with Crippen LogP contribution in [0.4, 0.5) is 8.78 Å². The molecule has 27 heavy (non-hydrogen) atoms. The summed E-state index contributed by atoms with van der Waals surface area (Å²) in [5, 5.41) is 0. The van der Waals surface area contributed by atoms with Crippen LogP contribution in [0.15, 0.2) is 65.8 Å². The summed E-state index contributed by atoms with van der Waals surface area (Å²) in [6.45, 7) is 5.38. The van der Waals surface area contributed by atoms with Gasteiger partial charge in [0.2, 0.25) is 0 Å². The van der Waals surface area contributed by atoms with Gasteiger partial charge in [-0.25, -0.2) is 8.78 Å². The minimum Gasteiger partial charge on any atom is -0.362 e. The van der Waals surface area contributed by atoms with Crippen LogP contribution in [0.1, 0.15) is 27.6 Å². The minimum absolute atomic E-state index is 0.194. The number of alkyl halides is 1. The molecule has 3 rings (SSSR count). The standard InChI is InChI=1S/C21H18BrF2NO2/c1-3-25-12(2)17(20(26)13-4-8-15(22)9-5-13)18(24)19(25)21(27)14-6-10-16(23)11-7-14/h3-12,17-19H,1H2,2H3. The van der Waals surface area contributed by atoms with Crippen molar-refractivity contribution in [1.29, 1.82) is 0 Å². The van der Waals surface area contributed by atoms with Gasteiger partial charge in [-0.05, 0) is 49.5 Å². The van der Waals surface area contributed by atoms with E-state index in [-0.39, 0.29) is 11.3 Å². The van der Waals surface area contributed by atoms with E-state index in [2.05, 4.69) is 22.5 Å². The number of hydrogen-bond donors (Lipinski definition) is 0. The molecule has 0 aromatic heterocycles. The molecule has 6 heteroatoms. The Bertz CT molecular complexity index is 867. The summed E-state index contributed by atoms with van der Waals surface area (Å²) < 4.78 is 29.3. The van der Waals surface area contributed by atoms with Crippen LogP contribution in [-0.2, 0) is 0 Å². The average molecular weight is 434 g/mol. The molecule has 4 unspecified atom stereocenters. The third-order valence-corrected chi connectivity index (χ3v) is 5.52. The lowest BCUT2D eigenvalue weighted by molar-refractivity contribution is 0.0808. The average Bonchev–Trinajstić information content (AvgIpc) is 2.91. The van der Waals surface area contributed by atoms with Gasteiger partial charge in [-0.15, -0.1) is 0 Å². The van der Waals surface area contributed by atoms with E-state index in [1.165, 1.54) is 23.2 Å². The van der Waals surface area contributed by atoms with Gasteiger partial charge >= 0.3 is 0 Å². The molecule has 1 saturated heterocycles. The highest BCUT2D eigenvalue weighted by Gasteiger charge is 2.52. The lowest BCUT2D eigenvalue weighted by atomic mass is 9.88. The minimum atomic E-state index is -1.70. The van der Waals surface area contributed by atoms with Crippen LogP contribution in [0, 0.1) is 11.7 Å². The molecular formula is C21H18BrF2NO2. The smallest absolute Gasteiger partial charge is 0.188 e. The number of likely N-dealkylation sites (tertiary alicyclic amines) is 1. The van der Waals surface area contributed by atoms with E-state index in [0.29, 0.717) is 5.56 Å². The molecule has 0 amide bonds. The van der Waals surface area contributed by atoms with Crippen molar-refractivity contribution in [2.75, 3.05) is 0 Å². The van der Waals surface area contributed by atoms with Gasteiger partial charge in [0.15, 0.2) is 11.6 Å². The maximum atomic E-state index is 15.4. The second-order valence-corrected chi connectivity index (χ2v) is 7.44. The molecule has 4 atom stereocenters. The fourth-order valence-electron chi connectivity index (χ4n) is 3.58. The van der Waals surface area contributed by atoms with Crippen molar-refractivity contribution in [3.05, 3.63) is 82.7 Å². The number of nitrogens with zero attached hydrogens (tertiary/aromatic N) is 1. The van der Waals surface area contributed by atoms with Crippen molar-refractivity contribution >= 4 is 27.5 Å². The molecule has 1 fully saturated rings. The van der Waals surface area contributed by atoms with Gasteiger partial charge in [0.1, 0.15) is 18.0 Å². The van der Waals surface area contributed by atoms with Gasteiger partial charge in [0.25, 0.3) is 0 Å². The fourth-order valence-corrected chi connectivity index (χ4v) is 3.85. The molecule has 0 bridgehead atoms. The van der Waals surface area contributed by atoms with Gasteiger partial charge in [0.05, 0.1) is 5.92 Å². The van der Waals surface area contributed by atoms with Crippen LogP contribution in [0.3, 0.4) is 0 Å². The molecule has 2 aromatic rings. The topological polar surface area (TPSA) is 37.4 Å². The van der Waals surface area contributed by atoms with Crippen LogP contribution in [0.5, 0.6) is 0 Å². The highest BCUT2D eigenvalue weighted by atomic mass is 79.9. The Labute approximate surface area is 164 Å². The highest BCUT2D eigenvalue weighted by molar-refractivity contribution is 9.10. The van der Waals surface area contributed by atoms with Gasteiger partial charge in [0, 0.05) is 21.6 Å². The first-order valence-electron chi connectivity index (χ1n) is 8.48. The van der Waals surface area contributed by atoms with E-state index in [1.54, 1.807) is 31.2 Å². The summed E-state index contributed by atoms with van der Waals surface area (Å²) in [6, 6.07) is 9.91. The quantitative estimate of drug-likeness (QED) is 0.634. The number of hydrogen-bond acceptors (Lipinski definition) is 3. The maximum absolute atomic E-state index is 15.4. The van der Waals surface area contributed by atoms with Crippen LogP contribution < -0.4 is 0 Å². The molecule has 1 aliphatic heterocycles.